The Morgan fingerprint density at radius 1 is 1.55 bits per heavy atom. The number of hydrogen-bond donors (Lipinski definition) is 1. The van der Waals surface area contributed by atoms with Gasteiger partial charge in [-0.3, -0.25) is 0 Å². The van der Waals surface area contributed by atoms with Crippen LogP contribution < -0.4 is 0 Å². The quantitative estimate of drug-likeness (QED) is 0.593. The normalized spacial score (nSPS) is 17.9. The van der Waals surface area contributed by atoms with E-state index in [1.807, 2.05) is 0 Å². The molecule has 0 aromatic rings. The van der Waals surface area contributed by atoms with Crippen molar-refractivity contribution in [1.29, 1.82) is 0 Å². The van der Waals surface area contributed by atoms with Crippen LogP contribution in [0.2, 0.25) is 0 Å². The molecule has 2 nitrogen and oxygen atoms in total. The first-order valence-electron chi connectivity index (χ1n) is 2.80. The molecule has 1 N–H and O–H groups in total. The molecule has 1 unspecified atom stereocenters. The zero-order chi connectivity index (χ0) is 9.12. The molecule has 0 aliphatic carbocycles. The second-order valence-corrected chi connectivity index (χ2v) is 13.0. The van der Waals surface area contributed by atoms with Crippen molar-refractivity contribution in [2.75, 3.05) is 12.8 Å². The Morgan fingerprint density at radius 3 is 2.27 bits per heavy atom. The van der Waals surface area contributed by atoms with Crippen molar-refractivity contribution in [3.63, 3.8) is 0 Å². The topological polar surface area (TPSA) is 29.5 Å². The fraction of sp³-hybridized carbons (Fsp3) is 1.00. The van der Waals surface area contributed by atoms with E-state index in [1.54, 1.807) is 6.92 Å². The van der Waals surface area contributed by atoms with Crippen LogP contribution in [0, 0.1) is 0 Å². The number of hydrogen-bond acceptors (Lipinski definition) is 2. The highest BCUT2D eigenvalue weighted by atomic mass is 80.0. The summed E-state index contributed by atoms with van der Waals surface area (Å²) in [6.45, 7) is -0.436. The van der Waals surface area contributed by atoms with Gasteiger partial charge in [0.15, 0.2) is 8.63 Å². The highest BCUT2D eigenvalue weighted by Crippen LogP contribution is 2.45. The van der Waals surface area contributed by atoms with Crippen molar-refractivity contribution in [3.05, 3.63) is 0 Å². The SMILES string of the molecule is CCP(O)(=S)OCC(Br)(Br)Br. The highest BCUT2D eigenvalue weighted by molar-refractivity contribution is 9.39. The van der Waals surface area contributed by atoms with E-state index in [4.69, 9.17) is 16.3 Å². The second kappa shape index (κ2) is 5.03. The minimum Gasteiger partial charge on any atom is -0.345 e. The van der Waals surface area contributed by atoms with Crippen LogP contribution in [0.15, 0.2) is 0 Å². The molecule has 0 amide bonds. The molecule has 0 aromatic carbocycles. The van der Waals surface area contributed by atoms with Crippen molar-refractivity contribution < 1.29 is 9.42 Å². The van der Waals surface area contributed by atoms with Gasteiger partial charge in [-0.25, -0.2) is 0 Å². The van der Waals surface area contributed by atoms with Gasteiger partial charge in [-0.05, 0) is 11.8 Å². The van der Waals surface area contributed by atoms with Crippen LogP contribution >= 0.6 is 54.3 Å². The summed E-state index contributed by atoms with van der Waals surface area (Å²) >= 11 is 14.5. The van der Waals surface area contributed by atoms with E-state index in [0.29, 0.717) is 6.16 Å². The zero-order valence-electron chi connectivity index (χ0n) is 5.76. The van der Waals surface area contributed by atoms with Gasteiger partial charge in [-0.15, -0.1) is 0 Å². The first-order chi connectivity index (χ1) is 4.77. The summed E-state index contributed by atoms with van der Waals surface area (Å²) in [5.41, 5.74) is 0. The van der Waals surface area contributed by atoms with E-state index in [2.05, 4.69) is 47.8 Å². The van der Waals surface area contributed by atoms with E-state index < -0.39 is 8.63 Å². The van der Waals surface area contributed by atoms with Crippen LogP contribution in [-0.2, 0) is 16.3 Å². The maximum absolute atomic E-state index is 9.33. The molecule has 68 valence electrons. The average molecular weight is 391 g/mol. The van der Waals surface area contributed by atoms with Gasteiger partial charge in [-0.1, -0.05) is 54.7 Å². The molecule has 0 heterocycles. The Hall–Kier alpha value is 2.01. The summed E-state index contributed by atoms with van der Waals surface area (Å²) < 4.78 is 4.61. The fourth-order valence-corrected chi connectivity index (χ4v) is 1.88. The van der Waals surface area contributed by atoms with Gasteiger partial charge in [0.25, 0.3) is 0 Å². The van der Waals surface area contributed by atoms with E-state index in [9.17, 15) is 4.89 Å². The molecule has 11 heavy (non-hydrogen) atoms. The summed E-state index contributed by atoms with van der Waals surface area (Å²) in [6, 6.07) is 0. The number of halogens is 3. The van der Waals surface area contributed by atoms with Crippen molar-refractivity contribution in [2.45, 2.75) is 9.07 Å². The van der Waals surface area contributed by atoms with Gasteiger partial charge in [0, 0.05) is 6.16 Å². The molecule has 0 rings (SSSR count). The minimum atomic E-state index is -2.53. The number of alkyl halides is 3. The van der Waals surface area contributed by atoms with Crippen molar-refractivity contribution >= 4 is 66.1 Å². The van der Waals surface area contributed by atoms with Gasteiger partial charge in [-0.2, -0.15) is 0 Å². The lowest BCUT2D eigenvalue weighted by atomic mass is 10.9. The van der Waals surface area contributed by atoms with Gasteiger partial charge < -0.3 is 9.42 Å². The van der Waals surface area contributed by atoms with Gasteiger partial charge in [0.1, 0.15) is 0 Å². The molecule has 0 saturated carbocycles. The number of rotatable bonds is 3. The van der Waals surface area contributed by atoms with Gasteiger partial charge in [0.2, 0.25) is 0 Å². The zero-order valence-corrected chi connectivity index (χ0v) is 12.2. The van der Waals surface area contributed by atoms with Gasteiger partial charge >= 0.3 is 0 Å². The van der Waals surface area contributed by atoms with Crippen LogP contribution in [0.1, 0.15) is 6.92 Å². The lowest BCUT2D eigenvalue weighted by molar-refractivity contribution is 0.323. The van der Waals surface area contributed by atoms with E-state index in [1.165, 1.54) is 0 Å². The monoisotopic (exact) mass is 388 g/mol. The fourth-order valence-electron chi connectivity index (χ4n) is 0.265. The molecule has 0 aliphatic heterocycles. The molecule has 0 aliphatic rings. The molecule has 0 radical (unpaired) electrons. The predicted octanol–water partition coefficient (Wildman–Crippen LogP) is 3.16. The van der Waals surface area contributed by atoms with Crippen LogP contribution in [0.3, 0.4) is 0 Å². The van der Waals surface area contributed by atoms with Crippen LogP contribution in [0.25, 0.3) is 0 Å². The first kappa shape index (κ1) is 13.0. The Morgan fingerprint density at radius 2 is 2.00 bits per heavy atom. The van der Waals surface area contributed by atoms with Crippen molar-refractivity contribution in [1.82, 2.24) is 0 Å². The molecule has 0 saturated heterocycles. The Labute approximate surface area is 96.6 Å². The summed E-state index contributed by atoms with van der Waals surface area (Å²) in [4.78, 5) is 9.33. The average Bonchev–Trinajstić information content (AvgIpc) is 1.83. The Bertz CT molecular complexity index is 169. The third-order valence-corrected chi connectivity index (χ3v) is 3.94. The van der Waals surface area contributed by atoms with E-state index in [0.717, 1.165) is 0 Å². The van der Waals surface area contributed by atoms with Crippen molar-refractivity contribution in [2.24, 2.45) is 0 Å². The van der Waals surface area contributed by atoms with E-state index >= 15 is 0 Å². The maximum Gasteiger partial charge on any atom is 0.185 e. The Kier molecular flexibility index (Phi) is 5.95. The lowest BCUT2D eigenvalue weighted by Crippen LogP contribution is -2.09. The van der Waals surface area contributed by atoms with Gasteiger partial charge in [0.05, 0.1) is 6.61 Å². The third kappa shape index (κ3) is 8.34. The van der Waals surface area contributed by atoms with Crippen LogP contribution in [-0.4, -0.2) is 19.8 Å². The lowest BCUT2D eigenvalue weighted by Gasteiger charge is -2.17. The molecule has 0 fully saturated rings. The Balaban J connectivity index is 3.80. The molecule has 1 atom stereocenters. The standard InChI is InChI=1S/C4H8Br3O2PS/c1-2-10(8,11)9-3-4(5,6)7/h2-3H2,1H3,(H,8,11). The minimum absolute atomic E-state index is 0.286. The molecule has 0 aromatic heterocycles. The molecular weight excluding hydrogens is 383 g/mol. The van der Waals surface area contributed by atoms with Crippen molar-refractivity contribution in [3.8, 4) is 0 Å². The van der Waals surface area contributed by atoms with Crippen LogP contribution in [0.5, 0.6) is 0 Å². The highest BCUT2D eigenvalue weighted by Gasteiger charge is 2.21. The summed E-state index contributed by atoms with van der Waals surface area (Å²) in [7, 11) is 0. The molecule has 0 spiro atoms. The summed E-state index contributed by atoms with van der Waals surface area (Å²) in [6.07, 6.45) is 0.491. The molecule has 0 bridgehead atoms. The van der Waals surface area contributed by atoms with E-state index in [-0.39, 0.29) is 6.61 Å². The maximum atomic E-state index is 9.33. The summed E-state index contributed by atoms with van der Waals surface area (Å²) in [5, 5.41) is 0. The molecule has 7 heteroatoms. The second-order valence-electron chi connectivity index (χ2n) is 1.84. The smallest absolute Gasteiger partial charge is 0.185 e. The summed E-state index contributed by atoms with van der Waals surface area (Å²) in [5.74, 6) is 0. The molecular formula is C4H8Br3O2PS. The third-order valence-electron chi connectivity index (χ3n) is 0.830. The van der Waals surface area contributed by atoms with Crippen LogP contribution in [0.4, 0.5) is 0 Å². The largest absolute Gasteiger partial charge is 0.345 e. The predicted molar refractivity (Wildman–Crippen MR) is 62.5 cm³/mol. The first-order valence-corrected chi connectivity index (χ1v) is 8.03.